The molecular weight excluding hydrogens is 198 g/mol. The lowest BCUT2D eigenvalue weighted by Gasteiger charge is -2.25. The van der Waals surface area contributed by atoms with Crippen LogP contribution in [0.1, 0.15) is 55.6 Å². The van der Waals surface area contributed by atoms with Gasteiger partial charge in [0.15, 0.2) is 0 Å². The highest BCUT2D eigenvalue weighted by Gasteiger charge is 2.22. The Kier molecular flexibility index (Phi) is 3.33. The molecule has 2 N–H and O–H groups in total. The monoisotopic (exact) mass is 221 g/mol. The van der Waals surface area contributed by atoms with E-state index < -0.39 is 0 Å². The predicted molar refractivity (Wildman–Crippen MR) is 66.3 cm³/mol. The minimum atomic E-state index is 0.148. The lowest BCUT2D eigenvalue weighted by Crippen LogP contribution is -2.20. The van der Waals surface area contributed by atoms with Crippen LogP contribution in [0.4, 0.5) is 0 Å². The highest BCUT2D eigenvalue weighted by atomic mass is 15.3. The summed E-state index contributed by atoms with van der Waals surface area (Å²) in [5.74, 6) is 0.851. The molecule has 1 heterocycles. The number of rotatable bonds is 4. The number of aromatic nitrogens is 2. The van der Waals surface area contributed by atoms with Gasteiger partial charge >= 0.3 is 0 Å². The van der Waals surface area contributed by atoms with Gasteiger partial charge in [-0.3, -0.25) is 4.68 Å². The number of hydrogen-bond acceptors (Lipinski definition) is 2. The summed E-state index contributed by atoms with van der Waals surface area (Å²) in [7, 11) is 0. The van der Waals surface area contributed by atoms with Crippen LogP contribution in [0.2, 0.25) is 0 Å². The van der Waals surface area contributed by atoms with Gasteiger partial charge in [-0.2, -0.15) is 5.10 Å². The van der Waals surface area contributed by atoms with Crippen molar-refractivity contribution in [3.8, 4) is 0 Å². The van der Waals surface area contributed by atoms with Crippen LogP contribution in [-0.4, -0.2) is 9.78 Å². The normalized spacial score (nSPS) is 18.5. The molecule has 2 rings (SSSR count). The van der Waals surface area contributed by atoms with Gasteiger partial charge in [0.25, 0.3) is 0 Å². The van der Waals surface area contributed by atoms with Crippen molar-refractivity contribution in [2.75, 3.05) is 0 Å². The highest BCUT2D eigenvalue weighted by Crippen LogP contribution is 2.29. The van der Waals surface area contributed by atoms with Crippen LogP contribution >= 0.6 is 0 Å². The third-order valence-electron chi connectivity index (χ3n) is 3.90. The van der Waals surface area contributed by atoms with Gasteiger partial charge < -0.3 is 5.73 Å². The van der Waals surface area contributed by atoms with Crippen LogP contribution in [0.25, 0.3) is 0 Å². The quantitative estimate of drug-likeness (QED) is 0.849. The zero-order chi connectivity index (χ0) is 11.7. The average molecular weight is 221 g/mol. The second-order valence-corrected chi connectivity index (χ2v) is 5.08. The van der Waals surface area contributed by atoms with Gasteiger partial charge in [0, 0.05) is 23.8 Å². The van der Waals surface area contributed by atoms with Crippen LogP contribution in [0.5, 0.6) is 0 Å². The second kappa shape index (κ2) is 4.58. The maximum absolute atomic E-state index is 6.13. The van der Waals surface area contributed by atoms with Crippen LogP contribution in [0, 0.1) is 19.8 Å². The van der Waals surface area contributed by atoms with Gasteiger partial charge in [-0.25, -0.2) is 0 Å². The molecule has 0 amide bonds. The third-order valence-corrected chi connectivity index (χ3v) is 3.90. The average Bonchev–Trinajstić information content (AvgIpc) is 2.47. The van der Waals surface area contributed by atoms with E-state index in [4.69, 9.17) is 5.73 Å². The Balaban J connectivity index is 2.19. The second-order valence-electron chi connectivity index (χ2n) is 5.08. The van der Waals surface area contributed by atoms with E-state index in [1.165, 1.54) is 30.5 Å². The highest BCUT2D eigenvalue weighted by molar-refractivity contribution is 5.27. The van der Waals surface area contributed by atoms with Crippen molar-refractivity contribution in [3.05, 3.63) is 17.0 Å². The summed E-state index contributed by atoms with van der Waals surface area (Å²) >= 11 is 0. The van der Waals surface area contributed by atoms with Crippen molar-refractivity contribution >= 4 is 0 Å². The Morgan fingerprint density at radius 1 is 1.44 bits per heavy atom. The fourth-order valence-corrected chi connectivity index (χ4v) is 2.55. The third kappa shape index (κ3) is 2.01. The Morgan fingerprint density at radius 3 is 2.62 bits per heavy atom. The molecule has 3 heteroatoms. The topological polar surface area (TPSA) is 43.8 Å². The minimum Gasteiger partial charge on any atom is -0.324 e. The molecule has 16 heavy (non-hydrogen) atoms. The van der Waals surface area contributed by atoms with Gasteiger partial charge in [0.05, 0.1) is 5.69 Å². The molecule has 1 saturated carbocycles. The SMILES string of the molecule is CCC(N)c1c(C)nn(CC2CCC2)c1C. The molecule has 1 aromatic rings. The van der Waals surface area contributed by atoms with Gasteiger partial charge in [0.1, 0.15) is 0 Å². The van der Waals surface area contributed by atoms with Crippen molar-refractivity contribution in [1.29, 1.82) is 0 Å². The van der Waals surface area contributed by atoms with Gasteiger partial charge in [-0.15, -0.1) is 0 Å². The van der Waals surface area contributed by atoms with E-state index in [9.17, 15) is 0 Å². The van der Waals surface area contributed by atoms with Crippen LogP contribution in [0.3, 0.4) is 0 Å². The predicted octanol–water partition coefficient (Wildman–Crippen LogP) is 2.71. The first-order chi connectivity index (χ1) is 7.63. The number of aryl methyl sites for hydroxylation is 1. The molecule has 1 fully saturated rings. The molecular formula is C13H23N3. The summed E-state index contributed by atoms with van der Waals surface area (Å²) in [6.45, 7) is 7.45. The largest absolute Gasteiger partial charge is 0.324 e. The lowest BCUT2D eigenvalue weighted by atomic mass is 9.85. The summed E-state index contributed by atoms with van der Waals surface area (Å²) in [5.41, 5.74) is 9.79. The fourth-order valence-electron chi connectivity index (χ4n) is 2.55. The minimum absolute atomic E-state index is 0.148. The van der Waals surface area contributed by atoms with Crippen LogP contribution < -0.4 is 5.73 Å². The van der Waals surface area contributed by atoms with E-state index >= 15 is 0 Å². The molecule has 0 radical (unpaired) electrons. The van der Waals surface area contributed by atoms with Gasteiger partial charge in [-0.1, -0.05) is 13.3 Å². The Labute approximate surface area is 98.0 Å². The van der Waals surface area contributed by atoms with E-state index in [0.29, 0.717) is 0 Å². The molecule has 3 nitrogen and oxygen atoms in total. The Morgan fingerprint density at radius 2 is 2.12 bits per heavy atom. The first-order valence-electron chi connectivity index (χ1n) is 6.43. The standard InChI is InChI=1S/C13H23N3/c1-4-12(14)13-9(2)15-16(10(13)3)8-11-6-5-7-11/h11-12H,4-8,14H2,1-3H3. The maximum atomic E-state index is 6.13. The van der Waals surface area contributed by atoms with Crippen LogP contribution in [-0.2, 0) is 6.54 Å². The van der Waals surface area contributed by atoms with E-state index in [1.54, 1.807) is 0 Å². The van der Waals surface area contributed by atoms with Crippen molar-refractivity contribution < 1.29 is 0 Å². The smallest absolute Gasteiger partial charge is 0.0644 e. The molecule has 0 saturated heterocycles. The summed E-state index contributed by atoms with van der Waals surface area (Å²) in [5, 5.41) is 4.64. The lowest BCUT2D eigenvalue weighted by molar-refractivity contribution is 0.264. The van der Waals surface area contributed by atoms with Crippen molar-refractivity contribution in [2.24, 2.45) is 11.7 Å². The first kappa shape index (κ1) is 11.6. The molecule has 1 aliphatic carbocycles. The molecule has 0 spiro atoms. The summed E-state index contributed by atoms with van der Waals surface area (Å²) in [6, 6.07) is 0.148. The van der Waals surface area contributed by atoms with E-state index in [2.05, 4.69) is 30.6 Å². The molecule has 1 aromatic heterocycles. The molecule has 1 unspecified atom stereocenters. The zero-order valence-corrected chi connectivity index (χ0v) is 10.7. The molecule has 0 aliphatic heterocycles. The summed E-state index contributed by atoms with van der Waals surface area (Å²) in [4.78, 5) is 0. The van der Waals surface area contributed by atoms with Crippen molar-refractivity contribution in [2.45, 2.75) is 59.0 Å². The summed E-state index contributed by atoms with van der Waals surface area (Å²) in [6.07, 6.45) is 5.11. The van der Waals surface area contributed by atoms with Crippen molar-refractivity contribution in [1.82, 2.24) is 9.78 Å². The number of hydrogen-bond donors (Lipinski definition) is 1. The fraction of sp³-hybridized carbons (Fsp3) is 0.769. The number of nitrogens with two attached hydrogens (primary N) is 1. The zero-order valence-electron chi connectivity index (χ0n) is 10.7. The van der Waals surface area contributed by atoms with E-state index in [1.807, 2.05) is 0 Å². The molecule has 90 valence electrons. The molecule has 1 aliphatic rings. The molecule has 1 atom stereocenters. The van der Waals surface area contributed by atoms with E-state index in [0.717, 1.165) is 24.6 Å². The maximum Gasteiger partial charge on any atom is 0.0644 e. The first-order valence-corrected chi connectivity index (χ1v) is 6.43. The van der Waals surface area contributed by atoms with Crippen LogP contribution in [0.15, 0.2) is 0 Å². The van der Waals surface area contributed by atoms with Gasteiger partial charge in [0.2, 0.25) is 0 Å². The van der Waals surface area contributed by atoms with Gasteiger partial charge in [-0.05, 0) is 39.0 Å². The van der Waals surface area contributed by atoms with Crippen molar-refractivity contribution in [3.63, 3.8) is 0 Å². The Bertz CT molecular complexity index is 363. The Hall–Kier alpha value is -0.830. The summed E-state index contributed by atoms with van der Waals surface area (Å²) < 4.78 is 2.17. The van der Waals surface area contributed by atoms with E-state index in [-0.39, 0.29) is 6.04 Å². The molecule has 0 bridgehead atoms. The molecule has 0 aromatic carbocycles. The number of nitrogens with zero attached hydrogens (tertiary/aromatic N) is 2.